The Bertz CT molecular complexity index is 813. The molecule has 0 N–H and O–H groups in total. The van der Waals surface area contributed by atoms with Crippen LogP contribution >= 0.6 is 0 Å². The minimum atomic E-state index is -7.61. The van der Waals surface area contributed by atoms with Crippen LogP contribution < -0.4 is 0 Å². The van der Waals surface area contributed by atoms with Crippen LogP contribution in [0.3, 0.4) is 0 Å². The van der Waals surface area contributed by atoms with Crippen LogP contribution in [0.15, 0.2) is 0 Å². The zero-order valence-electron chi connectivity index (χ0n) is 14.4. The van der Waals surface area contributed by atoms with Crippen molar-refractivity contribution in [1.82, 2.24) is 0 Å². The second-order valence-corrected chi connectivity index (χ2v) is 6.79. The molecule has 34 heavy (non-hydrogen) atoms. The van der Waals surface area contributed by atoms with Crippen molar-refractivity contribution in [2.24, 2.45) is 0 Å². The lowest BCUT2D eigenvalue weighted by molar-refractivity contribution is -0.567. The summed E-state index contributed by atoms with van der Waals surface area (Å²) in [6.07, 6.45) is -50.8. The zero-order chi connectivity index (χ0) is 28.0. The molecule has 0 aromatic rings. The molecular weight excluding hydrogens is 578 g/mol. The maximum absolute atomic E-state index is 13.0. The molecule has 0 radical (unpaired) electrons. The molecule has 0 saturated heterocycles. The highest BCUT2D eigenvalue weighted by Crippen LogP contribution is 2.50. The molecule has 0 atom stereocenters. The first-order valence-electron chi connectivity index (χ1n) is 6.72. The van der Waals surface area contributed by atoms with Crippen LogP contribution in [-0.4, -0.2) is 63.4 Å². The monoisotopic (exact) mass is 580 g/mol. The first-order chi connectivity index (χ1) is 14.3. The number of alkyl halides is 18. The summed E-state index contributed by atoms with van der Waals surface area (Å²) in [5.74, 6) is 0. The van der Waals surface area contributed by atoms with Crippen molar-refractivity contribution in [2.75, 3.05) is 6.61 Å². The molecule has 0 rings (SSSR count). The SMILES string of the molecule is O=S(=O)(OCC(F)(F)OC(F)(F)C(F)(F)OC(F)(F)C(F)(F)OC(F)(F)C(F)(F)F)C(F)(F)F. The van der Waals surface area contributed by atoms with Crippen molar-refractivity contribution >= 4 is 10.1 Å². The van der Waals surface area contributed by atoms with Crippen LogP contribution in [-0.2, 0) is 28.5 Å². The van der Waals surface area contributed by atoms with Crippen molar-refractivity contribution < 1.29 is 106 Å². The van der Waals surface area contributed by atoms with Gasteiger partial charge in [0, 0.05) is 0 Å². The Labute approximate surface area is 172 Å². The van der Waals surface area contributed by atoms with Crippen LogP contribution in [0.5, 0.6) is 0 Å². The molecule has 6 nitrogen and oxygen atoms in total. The lowest BCUT2D eigenvalue weighted by Gasteiger charge is -2.34. The minimum Gasteiger partial charge on any atom is -0.254 e. The summed E-state index contributed by atoms with van der Waals surface area (Å²) in [5.41, 5.74) is -6.50. The lowest BCUT2D eigenvalue weighted by atomic mass is 10.5. The molecule has 206 valence electrons. The van der Waals surface area contributed by atoms with Crippen LogP contribution in [0.25, 0.3) is 0 Å². The summed E-state index contributed by atoms with van der Waals surface area (Å²) in [5, 5.41) is 0. The van der Waals surface area contributed by atoms with Gasteiger partial charge >= 0.3 is 58.5 Å². The highest BCUT2D eigenvalue weighted by Gasteiger charge is 2.76. The fourth-order valence-electron chi connectivity index (χ4n) is 1.05. The summed E-state index contributed by atoms with van der Waals surface area (Å²) >= 11 is 0. The van der Waals surface area contributed by atoms with Gasteiger partial charge < -0.3 is 0 Å². The van der Waals surface area contributed by atoms with E-state index in [1.165, 1.54) is 9.47 Å². The molecule has 0 aliphatic carbocycles. The molecule has 0 saturated carbocycles. The van der Waals surface area contributed by atoms with Crippen LogP contribution in [0.4, 0.5) is 79.0 Å². The van der Waals surface area contributed by atoms with Gasteiger partial charge in [-0.25, -0.2) is 14.2 Å². The van der Waals surface area contributed by atoms with E-state index >= 15 is 0 Å². The van der Waals surface area contributed by atoms with E-state index < -0.39 is 65.1 Å². The van der Waals surface area contributed by atoms with Crippen molar-refractivity contribution in [1.29, 1.82) is 0 Å². The van der Waals surface area contributed by atoms with Crippen molar-refractivity contribution in [3.05, 3.63) is 0 Å². The first kappa shape index (κ1) is 32.5. The summed E-state index contributed by atoms with van der Waals surface area (Å²) in [7, 11) is -7.02. The summed E-state index contributed by atoms with van der Waals surface area (Å²) < 4.78 is 252. The van der Waals surface area contributed by atoms with E-state index in [2.05, 4.69) is 4.18 Å². The highest BCUT2D eigenvalue weighted by atomic mass is 32.2. The first-order valence-corrected chi connectivity index (χ1v) is 8.13. The second-order valence-electron chi connectivity index (χ2n) is 5.19. The Morgan fingerprint density at radius 2 is 0.765 bits per heavy atom. The number of halogens is 18. The molecule has 0 aromatic carbocycles. The van der Waals surface area contributed by atoms with E-state index in [1.54, 1.807) is 4.74 Å². The third-order valence-corrected chi connectivity index (χ3v) is 3.46. The zero-order valence-corrected chi connectivity index (χ0v) is 15.2. The van der Waals surface area contributed by atoms with Gasteiger partial charge in [0.15, 0.2) is 6.61 Å². The molecule has 0 aromatic heterocycles. The molecule has 0 spiro atoms. The van der Waals surface area contributed by atoms with E-state index in [9.17, 15) is 87.4 Å². The Balaban J connectivity index is 5.72. The molecule has 0 fully saturated rings. The van der Waals surface area contributed by atoms with Crippen molar-refractivity contribution in [3.8, 4) is 0 Å². The standard InChI is InChI=1S/C9H2F18O6S/c10-2(11,1-30-34(28,29)9(25,26)27)31-5(17,18)6(19,20)33-8(23,24)7(21,22)32-4(15,16)3(12,13)14/h1H2. The molecule has 0 bridgehead atoms. The Kier molecular flexibility index (Phi) is 8.50. The summed E-state index contributed by atoms with van der Waals surface area (Å²) in [6.45, 7) is -3.52. The fraction of sp³-hybridized carbons (Fsp3) is 1.00. The third kappa shape index (κ3) is 7.51. The van der Waals surface area contributed by atoms with Gasteiger partial charge in [0.25, 0.3) is 0 Å². The molecule has 0 aliphatic rings. The number of rotatable bonds is 11. The summed E-state index contributed by atoms with van der Waals surface area (Å²) in [6, 6.07) is 0. The average molecular weight is 580 g/mol. The van der Waals surface area contributed by atoms with Gasteiger partial charge in [-0.2, -0.15) is 87.4 Å². The molecule has 0 amide bonds. The third-order valence-electron chi connectivity index (χ3n) is 2.46. The maximum Gasteiger partial charge on any atom is 0.523 e. The van der Waals surface area contributed by atoms with Gasteiger partial charge in [-0.1, -0.05) is 0 Å². The van der Waals surface area contributed by atoms with E-state index in [4.69, 9.17) is 0 Å². The lowest BCUT2D eigenvalue weighted by Crippen LogP contribution is -2.59. The van der Waals surface area contributed by atoms with E-state index in [1.807, 2.05) is 0 Å². The second kappa shape index (κ2) is 8.88. The largest absolute Gasteiger partial charge is 0.523 e. The molecule has 25 heteroatoms. The van der Waals surface area contributed by atoms with Gasteiger partial charge in [0.2, 0.25) is 0 Å². The van der Waals surface area contributed by atoms with E-state index in [-0.39, 0.29) is 0 Å². The maximum atomic E-state index is 13.0. The van der Waals surface area contributed by atoms with Crippen molar-refractivity contribution in [2.45, 2.75) is 48.3 Å². The van der Waals surface area contributed by atoms with Gasteiger partial charge in [-0.3, -0.25) is 4.18 Å². The number of hydrogen-bond acceptors (Lipinski definition) is 6. The van der Waals surface area contributed by atoms with E-state index in [0.29, 0.717) is 0 Å². The van der Waals surface area contributed by atoms with Crippen LogP contribution in [0.1, 0.15) is 0 Å². The smallest absolute Gasteiger partial charge is 0.254 e. The average Bonchev–Trinajstić information content (AvgIpc) is 2.47. The van der Waals surface area contributed by atoms with Crippen LogP contribution in [0, 0.1) is 0 Å². The quantitative estimate of drug-likeness (QED) is 0.194. The minimum absolute atomic E-state index is 1.29. The molecular formula is C9H2F18O6S. The number of hydrogen-bond donors (Lipinski definition) is 0. The van der Waals surface area contributed by atoms with Crippen LogP contribution in [0.2, 0.25) is 0 Å². The predicted octanol–water partition coefficient (Wildman–Crippen LogP) is 5.02. The van der Waals surface area contributed by atoms with Crippen molar-refractivity contribution in [3.63, 3.8) is 0 Å². The van der Waals surface area contributed by atoms with Gasteiger partial charge in [0.05, 0.1) is 0 Å². The Morgan fingerprint density at radius 1 is 0.471 bits per heavy atom. The molecule has 0 unspecified atom stereocenters. The Morgan fingerprint density at radius 3 is 1.06 bits per heavy atom. The summed E-state index contributed by atoms with van der Waals surface area (Å²) in [4.78, 5) is 0. The topological polar surface area (TPSA) is 71.1 Å². The highest BCUT2D eigenvalue weighted by molar-refractivity contribution is 7.87. The van der Waals surface area contributed by atoms with E-state index in [0.717, 1.165) is 0 Å². The predicted molar refractivity (Wildman–Crippen MR) is 59.9 cm³/mol. The van der Waals surface area contributed by atoms with Gasteiger partial charge in [-0.05, 0) is 0 Å². The molecule has 0 aliphatic heterocycles. The van der Waals surface area contributed by atoms with Gasteiger partial charge in [0.1, 0.15) is 0 Å². The normalized spacial score (nSPS) is 16.2. The number of ether oxygens (including phenoxy) is 3. The molecule has 0 heterocycles. The van der Waals surface area contributed by atoms with Gasteiger partial charge in [-0.15, -0.1) is 0 Å². The fourth-order valence-corrected chi connectivity index (χ4v) is 1.47. The Hall–Kier alpha value is -1.47.